The number of nitrogens with two attached hydrogens (primary N) is 1. The van der Waals surface area contributed by atoms with E-state index in [0.717, 1.165) is 0 Å². The number of aliphatic hydroxyl groups is 1. The molecule has 12 heteroatoms. The SMILES string of the molecule is CC(C)CC(NC(=O)C(N)C(C)O)C(=O)NC(Cc1ccccc1)C(=O)NC(CCC(=O)O)C(=O)O. The van der Waals surface area contributed by atoms with E-state index in [4.69, 9.17) is 10.8 Å². The highest BCUT2D eigenvalue weighted by atomic mass is 16.4. The van der Waals surface area contributed by atoms with Gasteiger partial charge in [0.15, 0.2) is 0 Å². The number of carbonyl (C=O) groups excluding carboxylic acids is 3. The minimum absolute atomic E-state index is 0.0131. The first-order valence-corrected chi connectivity index (χ1v) is 11.6. The van der Waals surface area contributed by atoms with Crippen LogP contribution in [0, 0.1) is 5.92 Å². The Hall–Kier alpha value is -3.51. The average Bonchev–Trinajstić information content (AvgIpc) is 2.79. The van der Waals surface area contributed by atoms with E-state index in [1.165, 1.54) is 6.92 Å². The highest BCUT2D eigenvalue weighted by Crippen LogP contribution is 2.09. The fourth-order valence-corrected chi connectivity index (χ4v) is 3.32. The van der Waals surface area contributed by atoms with Gasteiger partial charge in [0.2, 0.25) is 17.7 Å². The van der Waals surface area contributed by atoms with Crippen molar-refractivity contribution in [2.75, 3.05) is 0 Å². The van der Waals surface area contributed by atoms with Gasteiger partial charge in [0.1, 0.15) is 24.2 Å². The lowest BCUT2D eigenvalue weighted by Crippen LogP contribution is -2.58. The van der Waals surface area contributed by atoms with Crippen molar-refractivity contribution in [1.82, 2.24) is 16.0 Å². The van der Waals surface area contributed by atoms with Crippen LogP contribution < -0.4 is 21.7 Å². The molecule has 3 amide bonds. The van der Waals surface area contributed by atoms with Gasteiger partial charge in [-0.25, -0.2) is 4.79 Å². The quantitative estimate of drug-likeness (QED) is 0.161. The number of aliphatic hydroxyl groups excluding tert-OH is 1. The molecule has 12 nitrogen and oxygen atoms in total. The molecule has 0 fully saturated rings. The minimum Gasteiger partial charge on any atom is -0.481 e. The van der Waals surface area contributed by atoms with Gasteiger partial charge in [0.05, 0.1) is 6.10 Å². The van der Waals surface area contributed by atoms with Gasteiger partial charge in [0.25, 0.3) is 0 Å². The van der Waals surface area contributed by atoms with E-state index in [1.807, 2.05) is 13.8 Å². The van der Waals surface area contributed by atoms with Gasteiger partial charge in [-0.2, -0.15) is 0 Å². The summed E-state index contributed by atoms with van der Waals surface area (Å²) in [5, 5.41) is 35.2. The number of benzene rings is 1. The Balaban J connectivity index is 3.13. The third kappa shape index (κ3) is 10.8. The first-order valence-electron chi connectivity index (χ1n) is 11.6. The summed E-state index contributed by atoms with van der Waals surface area (Å²) in [7, 11) is 0. The Kier molecular flexibility index (Phi) is 12.5. The van der Waals surface area contributed by atoms with Crippen molar-refractivity contribution in [2.24, 2.45) is 11.7 Å². The van der Waals surface area contributed by atoms with Crippen molar-refractivity contribution in [3.63, 3.8) is 0 Å². The Labute approximate surface area is 209 Å². The second-order valence-corrected chi connectivity index (χ2v) is 9.04. The fourth-order valence-electron chi connectivity index (χ4n) is 3.32. The Morgan fingerprint density at radius 2 is 1.36 bits per heavy atom. The zero-order valence-corrected chi connectivity index (χ0v) is 20.6. The molecule has 0 saturated carbocycles. The zero-order chi connectivity index (χ0) is 27.4. The molecule has 0 bridgehead atoms. The van der Waals surface area contributed by atoms with E-state index in [0.29, 0.717) is 5.56 Å². The lowest BCUT2D eigenvalue weighted by Gasteiger charge is -2.26. The average molecular weight is 509 g/mol. The predicted octanol–water partition coefficient (Wildman–Crippen LogP) is -0.613. The Morgan fingerprint density at radius 1 is 0.833 bits per heavy atom. The number of carboxylic acids is 2. The van der Waals surface area contributed by atoms with E-state index in [9.17, 15) is 34.2 Å². The minimum atomic E-state index is -1.47. The number of rotatable bonds is 15. The standard InChI is InChI=1S/C24H36N4O8/c1-13(2)11-17(28-23(34)20(25)14(3)29)21(32)27-18(12-15-7-5-4-6-8-15)22(33)26-16(24(35)36)9-10-19(30)31/h4-8,13-14,16-18,20,29H,9-12,25H2,1-3H3,(H,26,33)(H,27,32)(H,28,34)(H,30,31)(H,35,36). The van der Waals surface area contributed by atoms with Crippen molar-refractivity contribution >= 4 is 29.7 Å². The molecule has 5 atom stereocenters. The van der Waals surface area contributed by atoms with E-state index in [-0.39, 0.29) is 25.2 Å². The molecule has 0 spiro atoms. The summed E-state index contributed by atoms with van der Waals surface area (Å²) < 4.78 is 0. The summed E-state index contributed by atoms with van der Waals surface area (Å²) in [6, 6.07) is 3.65. The number of hydrogen-bond acceptors (Lipinski definition) is 7. The molecular weight excluding hydrogens is 472 g/mol. The van der Waals surface area contributed by atoms with Crippen LogP contribution in [0.25, 0.3) is 0 Å². The van der Waals surface area contributed by atoms with Crippen molar-refractivity contribution in [1.29, 1.82) is 0 Å². The topological polar surface area (TPSA) is 208 Å². The molecule has 8 N–H and O–H groups in total. The molecule has 1 rings (SSSR count). The molecule has 0 aliphatic rings. The lowest BCUT2D eigenvalue weighted by atomic mass is 10.00. The lowest BCUT2D eigenvalue weighted by molar-refractivity contribution is -0.143. The zero-order valence-electron chi connectivity index (χ0n) is 20.6. The van der Waals surface area contributed by atoms with Crippen molar-refractivity contribution < 1.29 is 39.3 Å². The molecule has 0 saturated heterocycles. The van der Waals surface area contributed by atoms with Gasteiger partial charge in [-0.05, 0) is 31.2 Å². The van der Waals surface area contributed by atoms with Crippen LogP contribution in [0.5, 0.6) is 0 Å². The van der Waals surface area contributed by atoms with Crippen LogP contribution in [0.3, 0.4) is 0 Å². The maximum atomic E-state index is 13.1. The Bertz CT molecular complexity index is 907. The second-order valence-electron chi connectivity index (χ2n) is 9.04. The van der Waals surface area contributed by atoms with Crippen LogP contribution in [0.4, 0.5) is 0 Å². The number of carbonyl (C=O) groups is 5. The van der Waals surface area contributed by atoms with Crippen molar-refractivity contribution in [3.8, 4) is 0 Å². The van der Waals surface area contributed by atoms with Gasteiger partial charge < -0.3 is 37.0 Å². The van der Waals surface area contributed by atoms with Crippen LogP contribution in [-0.2, 0) is 30.4 Å². The largest absolute Gasteiger partial charge is 0.481 e. The molecule has 0 aliphatic heterocycles. The summed E-state index contributed by atoms with van der Waals surface area (Å²) in [5.74, 6) is -4.91. The van der Waals surface area contributed by atoms with Crippen molar-refractivity contribution in [3.05, 3.63) is 35.9 Å². The first-order chi connectivity index (χ1) is 16.8. The molecular formula is C24H36N4O8. The predicted molar refractivity (Wildman–Crippen MR) is 130 cm³/mol. The van der Waals surface area contributed by atoms with Gasteiger partial charge in [-0.15, -0.1) is 0 Å². The van der Waals surface area contributed by atoms with Gasteiger partial charge >= 0.3 is 11.9 Å². The molecule has 200 valence electrons. The van der Waals surface area contributed by atoms with E-state index in [2.05, 4.69) is 16.0 Å². The van der Waals surface area contributed by atoms with Crippen LogP contribution in [0.2, 0.25) is 0 Å². The summed E-state index contributed by atoms with van der Waals surface area (Å²) in [6.07, 6.45) is -1.74. The van der Waals surface area contributed by atoms with Gasteiger partial charge in [-0.1, -0.05) is 44.2 Å². The highest BCUT2D eigenvalue weighted by Gasteiger charge is 2.31. The molecule has 1 aromatic carbocycles. The van der Waals surface area contributed by atoms with E-state index >= 15 is 0 Å². The monoisotopic (exact) mass is 508 g/mol. The maximum Gasteiger partial charge on any atom is 0.326 e. The van der Waals surface area contributed by atoms with Gasteiger partial charge in [0, 0.05) is 12.8 Å². The number of aliphatic carboxylic acids is 2. The van der Waals surface area contributed by atoms with Crippen LogP contribution in [-0.4, -0.2) is 75.3 Å². The Morgan fingerprint density at radius 3 is 1.86 bits per heavy atom. The third-order valence-electron chi connectivity index (χ3n) is 5.34. The summed E-state index contributed by atoms with van der Waals surface area (Å²) in [5.41, 5.74) is 6.35. The number of nitrogens with one attached hydrogen (secondary N) is 3. The summed E-state index contributed by atoms with van der Waals surface area (Å²) in [6.45, 7) is 5.00. The second kappa shape index (κ2) is 14.8. The van der Waals surface area contributed by atoms with Gasteiger partial charge in [-0.3, -0.25) is 19.2 Å². The number of carboxylic acid groups (broad SMARTS) is 2. The molecule has 1 aromatic rings. The summed E-state index contributed by atoms with van der Waals surface area (Å²) in [4.78, 5) is 60.9. The molecule has 5 unspecified atom stereocenters. The van der Waals surface area contributed by atoms with E-state index in [1.54, 1.807) is 30.3 Å². The molecule has 0 heterocycles. The number of hydrogen-bond donors (Lipinski definition) is 7. The maximum absolute atomic E-state index is 13.1. The highest BCUT2D eigenvalue weighted by molar-refractivity contribution is 5.94. The molecule has 36 heavy (non-hydrogen) atoms. The summed E-state index contributed by atoms with van der Waals surface area (Å²) >= 11 is 0. The smallest absolute Gasteiger partial charge is 0.326 e. The molecule has 0 aliphatic carbocycles. The first kappa shape index (κ1) is 30.5. The van der Waals surface area contributed by atoms with Crippen LogP contribution >= 0.6 is 0 Å². The van der Waals surface area contributed by atoms with Crippen molar-refractivity contribution in [2.45, 2.75) is 76.7 Å². The number of amides is 3. The molecule has 0 aromatic heterocycles. The molecule has 0 radical (unpaired) electrons. The fraction of sp³-hybridized carbons (Fsp3) is 0.542. The third-order valence-corrected chi connectivity index (χ3v) is 5.34. The van der Waals surface area contributed by atoms with E-state index < -0.39 is 66.4 Å². The van der Waals surface area contributed by atoms with Crippen LogP contribution in [0.15, 0.2) is 30.3 Å². The normalized spacial score (nSPS) is 15.2. The van der Waals surface area contributed by atoms with Crippen LogP contribution in [0.1, 0.15) is 45.6 Å².